The van der Waals surface area contributed by atoms with Crippen LogP contribution in [-0.2, 0) is 0 Å². The minimum Gasteiger partial charge on any atom is -0.396 e. The molecule has 2 amide bonds. The zero-order valence-electron chi connectivity index (χ0n) is 10.4. The van der Waals surface area contributed by atoms with Gasteiger partial charge in [-0.25, -0.2) is 18.1 Å². The summed E-state index contributed by atoms with van der Waals surface area (Å²) in [5, 5.41) is 0. The van der Waals surface area contributed by atoms with Gasteiger partial charge in [-0.1, -0.05) is 0 Å². The fourth-order valence-corrected chi connectivity index (χ4v) is 2.12. The molecule has 0 aliphatic carbocycles. The van der Waals surface area contributed by atoms with E-state index in [2.05, 4.69) is 0 Å². The van der Waals surface area contributed by atoms with E-state index in [9.17, 15) is 22.8 Å². The van der Waals surface area contributed by atoms with Crippen LogP contribution in [0.2, 0.25) is 0 Å². The lowest BCUT2D eigenvalue weighted by atomic mass is 10.1. The molecule has 0 atom stereocenters. The van der Waals surface area contributed by atoms with Crippen LogP contribution >= 0.6 is 0 Å². The predicted octanol–water partition coefficient (Wildman–Crippen LogP) is 2.49. The van der Waals surface area contributed by atoms with Gasteiger partial charge < -0.3 is 5.73 Å². The van der Waals surface area contributed by atoms with Crippen molar-refractivity contribution in [1.82, 2.24) is 0 Å². The molecule has 0 saturated heterocycles. The summed E-state index contributed by atoms with van der Waals surface area (Å²) in [6, 6.07) is 4.67. The number of hydrogen-bond donors (Lipinski definition) is 1. The van der Waals surface area contributed by atoms with E-state index in [0.29, 0.717) is 17.0 Å². The summed E-state index contributed by atoms with van der Waals surface area (Å²) in [7, 11) is 0. The van der Waals surface area contributed by atoms with Crippen LogP contribution in [0.1, 0.15) is 20.7 Å². The van der Waals surface area contributed by atoms with Crippen molar-refractivity contribution < 1.29 is 22.8 Å². The van der Waals surface area contributed by atoms with Crippen LogP contribution in [0.5, 0.6) is 0 Å². The van der Waals surface area contributed by atoms with E-state index in [1.165, 1.54) is 12.1 Å². The average molecular weight is 292 g/mol. The Morgan fingerprint density at radius 3 is 1.81 bits per heavy atom. The second-order valence-electron chi connectivity index (χ2n) is 4.46. The number of nitrogens with two attached hydrogens (primary N) is 1. The Kier molecular flexibility index (Phi) is 2.72. The molecule has 2 aromatic carbocycles. The van der Waals surface area contributed by atoms with Crippen molar-refractivity contribution in [2.24, 2.45) is 0 Å². The molecule has 0 saturated carbocycles. The first-order valence-corrected chi connectivity index (χ1v) is 5.83. The Hall–Kier alpha value is -2.83. The number of anilines is 2. The summed E-state index contributed by atoms with van der Waals surface area (Å²) in [6.45, 7) is 0. The van der Waals surface area contributed by atoms with Crippen molar-refractivity contribution in [3.63, 3.8) is 0 Å². The highest BCUT2D eigenvalue weighted by Crippen LogP contribution is 2.31. The van der Waals surface area contributed by atoms with Crippen molar-refractivity contribution in [2.75, 3.05) is 10.6 Å². The zero-order valence-corrected chi connectivity index (χ0v) is 10.4. The van der Waals surface area contributed by atoms with E-state index in [1.807, 2.05) is 0 Å². The molecule has 2 N–H and O–H groups in total. The molecular weight excluding hydrogens is 285 g/mol. The Morgan fingerprint density at radius 2 is 1.33 bits per heavy atom. The van der Waals surface area contributed by atoms with Crippen LogP contribution < -0.4 is 10.6 Å². The summed E-state index contributed by atoms with van der Waals surface area (Å²) < 4.78 is 39.8. The standard InChI is InChI=1S/C14H7F3N2O2/c15-9-4-7-8(5-10(9)16)14(21)19(13(7)20)6-1-2-12(18)11(17)3-6/h1-5H,18H2. The third kappa shape index (κ3) is 1.85. The molecule has 0 unspecified atom stereocenters. The molecule has 7 heteroatoms. The van der Waals surface area contributed by atoms with Gasteiger partial charge >= 0.3 is 0 Å². The second kappa shape index (κ2) is 4.34. The molecule has 0 aromatic heterocycles. The number of amides is 2. The highest BCUT2D eigenvalue weighted by Gasteiger charge is 2.38. The van der Waals surface area contributed by atoms with Crippen LogP contribution in [0.3, 0.4) is 0 Å². The number of rotatable bonds is 1. The monoisotopic (exact) mass is 292 g/mol. The number of benzene rings is 2. The first-order chi connectivity index (χ1) is 9.90. The fraction of sp³-hybridized carbons (Fsp3) is 0. The number of hydrogen-bond acceptors (Lipinski definition) is 3. The van der Waals surface area contributed by atoms with Crippen molar-refractivity contribution in [3.05, 3.63) is 58.9 Å². The van der Waals surface area contributed by atoms with Gasteiger partial charge in [0.05, 0.1) is 22.5 Å². The molecule has 1 aliphatic heterocycles. The Morgan fingerprint density at radius 1 is 0.810 bits per heavy atom. The number of fused-ring (bicyclic) bond motifs is 1. The maximum Gasteiger partial charge on any atom is 0.266 e. The Labute approximate surface area is 116 Å². The van der Waals surface area contributed by atoms with Gasteiger partial charge in [0.2, 0.25) is 0 Å². The highest BCUT2D eigenvalue weighted by molar-refractivity contribution is 6.34. The van der Waals surface area contributed by atoms with E-state index in [-0.39, 0.29) is 22.5 Å². The average Bonchev–Trinajstić information content (AvgIpc) is 2.66. The molecule has 2 aromatic rings. The third-order valence-corrected chi connectivity index (χ3v) is 3.17. The molecule has 0 fully saturated rings. The van der Waals surface area contributed by atoms with Crippen molar-refractivity contribution in [2.45, 2.75) is 0 Å². The van der Waals surface area contributed by atoms with Gasteiger partial charge in [-0.2, -0.15) is 0 Å². The minimum absolute atomic E-state index is 0.0614. The maximum absolute atomic E-state index is 13.4. The van der Waals surface area contributed by atoms with Crippen LogP contribution in [0.4, 0.5) is 24.5 Å². The molecular formula is C14H7F3N2O2. The smallest absolute Gasteiger partial charge is 0.266 e. The molecule has 106 valence electrons. The third-order valence-electron chi connectivity index (χ3n) is 3.17. The van der Waals surface area contributed by atoms with Crippen molar-refractivity contribution in [1.29, 1.82) is 0 Å². The number of halogens is 3. The summed E-state index contributed by atoms with van der Waals surface area (Å²) in [5.41, 5.74) is 4.58. The molecule has 1 aliphatic rings. The fourth-order valence-electron chi connectivity index (χ4n) is 2.12. The van der Waals surface area contributed by atoms with E-state index in [1.54, 1.807) is 0 Å². The van der Waals surface area contributed by atoms with E-state index in [0.717, 1.165) is 6.07 Å². The minimum atomic E-state index is -1.24. The van der Waals surface area contributed by atoms with E-state index >= 15 is 0 Å². The molecule has 4 nitrogen and oxygen atoms in total. The molecule has 0 bridgehead atoms. The molecule has 3 rings (SSSR count). The van der Waals surface area contributed by atoms with Crippen LogP contribution in [0.15, 0.2) is 30.3 Å². The van der Waals surface area contributed by atoms with Gasteiger partial charge in [0.25, 0.3) is 11.8 Å². The summed E-state index contributed by atoms with van der Waals surface area (Å²) in [4.78, 5) is 24.9. The van der Waals surface area contributed by atoms with E-state index in [4.69, 9.17) is 5.73 Å². The lowest BCUT2D eigenvalue weighted by Gasteiger charge is -2.14. The number of nitrogen functional groups attached to an aromatic ring is 1. The Bertz CT molecular complexity index is 764. The van der Waals surface area contributed by atoms with Crippen LogP contribution in [-0.4, -0.2) is 11.8 Å². The number of nitrogens with zero attached hydrogens (tertiary/aromatic N) is 1. The van der Waals surface area contributed by atoms with Crippen LogP contribution in [0.25, 0.3) is 0 Å². The lowest BCUT2D eigenvalue weighted by Crippen LogP contribution is -2.29. The first-order valence-electron chi connectivity index (χ1n) is 5.83. The number of carbonyl (C=O) groups is 2. The first kappa shape index (κ1) is 13.2. The molecule has 0 radical (unpaired) electrons. The lowest BCUT2D eigenvalue weighted by molar-refractivity contribution is 0.0926. The Balaban J connectivity index is 2.13. The molecule has 0 spiro atoms. The van der Waals surface area contributed by atoms with Gasteiger partial charge in [-0.15, -0.1) is 0 Å². The van der Waals surface area contributed by atoms with Crippen molar-refractivity contribution >= 4 is 23.2 Å². The number of carbonyl (C=O) groups excluding carboxylic acids is 2. The van der Waals surface area contributed by atoms with Gasteiger partial charge in [0, 0.05) is 6.07 Å². The quantitative estimate of drug-likeness (QED) is 0.649. The van der Waals surface area contributed by atoms with Gasteiger partial charge in [-0.05, 0) is 24.3 Å². The summed E-state index contributed by atoms with van der Waals surface area (Å²) in [5.74, 6) is -4.97. The highest BCUT2D eigenvalue weighted by atomic mass is 19.2. The zero-order chi connectivity index (χ0) is 15.3. The predicted molar refractivity (Wildman–Crippen MR) is 68.3 cm³/mol. The van der Waals surface area contributed by atoms with Gasteiger partial charge in [0.15, 0.2) is 11.6 Å². The van der Waals surface area contributed by atoms with Gasteiger partial charge in [-0.3, -0.25) is 9.59 Å². The SMILES string of the molecule is Nc1ccc(N2C(=O)c3cc(F)c(F)cc3C2=O)cc1F. The largest absolute Gasteiger partial charge is 0.396 e. The number of imide groups is 1. The van der Waals surface area contributed by atoms with Gasteiger partial charge in [0.1, 0.15) is 5.82 Å². The van der Waals surface area contributed by atoms with Crippen LogP contribution in [0, 0.1) is 17.5 Å². The summed E-state index contributed by atoms with van der Waals surface area (Å²) >= 11 is 0. The molecule has 1 heterocycles. The van der Waals surface area contributed by atoms with E-state index < -0.39 is 29.3 Å². The summed E-state index contributed by atoms with van der Waals surface area (Å²) in [6.07, 6.45) is 0. The van der Waals surface area contributed by atoms with Crippen molar-refractivity contribution in [3.8, 4) is 0 Å². The molecule has 21 heavy (non-hydrogen) atoms. The maximum atomic E-state index is 13.4. The topological polar surface area (TPSA) is 63.4 Å². The normalized spacial score (nSPS) is 13.8. The second-order valence-corrected chi connectivity index (χ2v) is 4.46.